The molecule has 1 heterocycles. The number of aryl methyl sites for hydroxylation is 1. The van der Waals surface area contributed by atoms with Crippen LogP contribution in [0.15, 0.2) is 22.7 Å². The number of anilines is 1. The van der Waals surface area contributed by atoms with E-state index >= 15 is 0 Å². The highest BCUT2D eigenvalue weighted by Gasteiger charge is 2.21. The molecule has 0 aliphatic carbocycles. The third kappa shape index (κ3) is 3.21. The Morgan fingerprint density at radius 2 is 2.16 bits per heavy atom. The lowest BCUT2D eigenvalue weighted by Crippen LogP contribution is -2.37. The minimum Gasteiger partial charge on any atom is -0.358 e. The molecule has 1 aliphatic heterocycles. The molecule has 1 unspecified atom stereocenters. The van der Waals surface area contributed by atoms with Gasteiger partial charge in [-0.3, -0.25) is 0 Å². The standard InChI is InChI=1S/C16H22BrNO/c1-4-7-13-14(10-9-12(2)16(13)17)18(3)15-8-5-6-11-19-15/h4,7,9-10,15H,5-6,8,11H2,1-3H3/b7-4-. The molecule has 0 N–H and O–H groups in total. The van der Waals surface area contributed by atoms with Crippen molar-refractivity contribution in [1.29, 1.82) is 0 Å². The lowest BCUT2D eigenvalue weighted by atomic mass is 10.1. The molecule has 0 radical (unpaired) electrons. The van der Waals surface area contributed by atoms with Crippen molar-refractivity contribution in [2.24, 2.45) is 0 Å². The van der Waals surface area contributed by atoms with Gasteiger partial charge in [-0.2, -0.15) is 0 Å². The number of hydrogen-bond donors (Lipinski definition) is 0. The zero-order valence-corrected chi connectivity index (χ0v) is 13.5. The summed E-state index contributed by atoms with van der Waals surface area (Å²) in [5.41, 5.74) is 3.72. The topological polar surface area (TPSA) is 12.5 Å². The van der Waals surface area contributed by atoms with Gasteiger partial charge in [-0.15, -0.1) is 0 Å². The molecular weight excluding hydrogens is 302 g/mol. The summed E-state index contributed by atoms with van der Waals surface area (Å²) >= 11 is 3.71. The highest BCUT2D eigenvalue weighted by atomic mass is 79.9. The summed E-state index contributed by atoms with van der Waals surface area (Å²) in [6, 6.07) is 4.35. The second-order valence-electron chi connectivity index (χ2n) is 5.06. The fraction of sp³-hybridized carbons (Fsp3) is 0.500. The van der Waals surface area contributed by atoms with Crippen molar-refractivity contribution in [3.8, 4) is 0 Å². The Labute approximate surface area is 124 Å². The second-order valence-corrected chi connectivity index (χ2v) is 5.85. The smallest absolute Gasteiger partial charge is 0.129 e. The molecule has 1 saturated heterocycles. The summed E-state index contributed by atoms with van der Waals surface area (Å²) in [7, 11) is 2.13. The molecule has 1 fully saturated rings. The average molecular weight is 324 g/mol. The Hall–Kier alpha value is -0.800. The maximum Gasteiger partial charge on any atom is 0.129 e. The molecule has 19 heavy (non-hydrogen) atoms. The number of hydrogen-bond acceptors (Lipinski definition) is 2. The van der Waals surface area contributed by atoms with E-state index in [0.29, 0.717) is 0 Å². The van der Waals surface area contributed by atoms with E-state index < -0.39 is 0 Å². The zero-order chi connectivity index (χ0) is 13.8. The van der Waals surface area contributed by atoms with Gasteiger partial charge in [0.1, 0.15) is 6.23 Å². The summed E-state index contributed by atoms with van der Waals surface area (Å²) < 4.78 is 7.06. The van der Waals surface area contributed by atoms with Gasteiger partial charge in [-0.25, -0.2) is 0 Å². The lowest BCUT2D eigenvalue weighted by molar-refractivity contribution is 0.0174. The molecular formula is C16H22BrNO. The van der Waals surface area contributed by atoms with E-state index in [9.17, 15) is 0 Å². The van der Waals surface area contributed by atoms with Crippen LogP contribution in [0.3, 0.4) is 0 Å². The maximum atomic E-state index is 5.88. The van der Waals surface area contributed by atoms with Crippen molar-refractivity contribution < 1.29 is 4.74 Å². The predicted octanol–water partition coefficient (Wildman–Crippen LogP) is 4.75. The average Bonchev–Trinajstić information content (AvgIpc) is 2.44. The van der Waals surface area contributed by atoms with E-state index in [1.165, 1.54) is 34.1 Å². The van der Waals surface area contributed by atoms with Crippen LogP contribution in [0.2, 0.25) is 0 Å². The summed E-state index contributed by atoms with van der Waals surface area (Å²) in [6.45, 7) is 5.05. The van der Waals surface area contributed by atoms with Crippen molar-refractivity contribution in [3.63, 3.8) is 0 Å². The van der Waals surface area contributed by atoms with Crippen molar-refractivity contribution >= 4 is 27.7 Å². The van der Waals surface area contributed by atoms with E-state index in [4.69, 9.17) is 4.74 Å². The highest BCUT2D eigenvalue weighted by molar-refractivity contribution is 9.10. The molecule has 0 spiro atoms. The lowest BCUT2D eigenvalue weighted by Gasteiger charge is -2.34. The highest BCUT2D eigenvalue weighted by Crippen LogP contribution is 2.33. The van der Waals surface area contributed by atoms with Crippen LogP contribution in [-0.2, 0) is 4.74 Å². The van der Waals surface area contributed by atoms with E-state index in [2.05, 4.69) is 66.0 Å². The fourth-order valence-electron chi connectivity index (χ4n) is 2.51. The molecule has 1 aromatic rings. The molecule has 3 heteroatoms. The van der Waals surface area contributed by atoms with Gasteiger partial charge >= 0.3 is 0 Å². The van der Waals surface area contributed by atoms with Crippen LogP contribution in [-0.4, -0.2) is 19.9 Å². The second kappa shape index (κ2) is 6.58. The van der Waals surface area contributed by atoms with E-state index in [1.807, 2.05) is 0 Å². The van der Waals surface area contributed by atoms with Crippen molar-refractivity contribution in [3.05, 3.63) is 33.8 Å². The molecule has 0 amide bonds. The molecule has 2 nitrogen and oxygen atoms in total. The summed E-state index contributed by atoms with van der Waals surface area (Å²) in [4.78, 5) is 2.26. The van der Waals surface area contributed by atoms with Crippen LogP contribution in [0.1, 0.15) is 37.3 Å². The third-order valence-electron chi connectivity index (χ3n) is 3.65. The predicted molar refractivity (Wildman–Crippen MR) is 85.6 cm³/mol. The first kappa shape index (κ1) is 14.6. The molecule has 0 saturated carbocycles. The van der Waals surface area contributed by atoms with Crippen molar-refractivity contribution in [2.75, 3.05) is 18.6 Å². The Morgan fingerprint density at radius 1 is 1.37 bits per heavy atom. The fourth-order valence-corrected chi connectivity index (χ4v) is 2.98. The number of ether oxygens (including phenoxy) is 1. The third-order valence-corrected chi connectivity index (χ3v) is 4.70. The minimum absolute atomic E-state index is 0.201. The number of halogens is 1. The number of benzene rings is 1. The van der Waals surface area contributed by atoms with Crippen LogP contribution >= 0.6 is 15.9 Å². The van der Waals surface area contributed by atoms with Gasteiger partial charge in [0.15, 0.2) is 0 Å². The molecule has 0 aromatic heterocycles. The molecule has 1 aromatic carbocycles. The Kier molecular flexibility index (Phi) is 5.06. The molecule has 0 bridgehead atoms. The van der Waals surface area contributed by atoms with E-state index in [0.717, 1.165) is 13.0 Å². The zero-order valence-electron chi connectivity index (χ0n) is 11.9. The summed E-state index contributed by atoms with van der Waals surface area (Å²) in [5, 5.41) is 0. The van der Waals surface area contributed by atoms with E-state index in [-0.39, 0.29) is 6.23 Å². The Balaban J connectivity index is 2.34. The first-order valence-electron chi connectivity index (χ1n) is 6.91. The van der Waals surface area contributed by atoms with Crippen LogP contribution in [0.4, 0.5) is 5.69 Å². The van der Waals surface area contributed by atoms with Gasteiger partial charge in [0.25, 0.3) is 0 Å². The van der Waals surface area contributed by atoms with Gasteiger partial charge in [0.05, 0.1) is 0 Å². The van der Waals surface area contributed by atoms with Crippen LogP contribution in [0.5, 0.6) is 0 Å². The summed E-state index contributed by atoms with van der Waals surface area (Å²) in [5.74, 6) is 0. The molecule has 1 aliphatic rings. The van der Waals surface area contributed by atoms with Crippen LogP contribution in [0.25, 0.3) is 6.08 Å². The van der Waals surface area contributed by atoms with Gasteiger partial charge < -0.3 is 9.64 Å². The molecule has 2 rings (SSSR count). The first-order valence-corrected chi connectivity index (χ1v) is 7.70. The summed E-state index contributed by atoms with van der Waals surface area (Å²) in [6.07, 6.45) is 7.99. The normalized spacial score (nSPS) is 19.9. The number of allylic oxidation sites excluding steroid dienone is 1. The van der Waals surface area contributed by atoms with Gasteiger partial charge in [0, 0.05) is 29.4 Å². The van der Waals surface area contributed by atoms with Crippen molar-refractivity contribution in [2.45, 2.75) is 39.3 Å². The minimum atomic E-state index is 0.201. The first-order chi connectivity index (χ1) is 9.15. The van der Waals surface area contributed by atoms with Crippen molar-refractivity contribution in [1.82, 2.24) is 0 Å². The Morgan fingerprint density at radius 3 is 2.79 bits per heavy atom. The SMILES string of the molecule is C/C=C\c1c(N(C)C2CCCCO2)ccc(C)c1Br. The monoisotopic (exact) mass is 323 g/mol. The molecule has 1 atom stereocenters. The van der Waals surface area contributed by atoms with Crippen LogP contribution < -0.4 is 4.90 Å². The molecule has 104 valence electrons. The Bertz CT molecular complexity index is 464. The van der Waals surface area contributed by atoms with Gasteiger partial charge in [-0.05, 0) is 60.7 Å². The number of nitrogens with zero attached hydrogens (tertiary/aromatic N) is 1. The largest absolute Gasteiger partial charge is 0.358 e. The van der Waals surface area contributed by atoms with Gasteiger partial charge in [0.2, 0.25) is 0 Å². The van der Waals surface area contributed by atoms with Gasteiger partial charge in [-0.1, -0.05) is 18.2 Å². The number of rotatable bonds is 3. The maximum absolute atomic E-state index is 5.88. The van der Waals surface area contributed by atoms with Crippen LogP contribution in [0, 0.1) is 6.92 Å². The quantitative estimate of drug-likeness (QED) is 0.795. The van der Waals surface area contributed by atoms with E-state index in [1.54, 1.807) is 0 Å².